The van der Waals surface area contributed by atoms with Crippen molar-refractivity contribution in [1.29, 1.82) is 0 Å². The van der Waals surface area contributed by atoms with Gasteiger partial charge in [-0.05, 0) is 12.1 Å². The number of nitrogens with zero attached hydrogens (tertiary/aromatic N) is 1. The van der Waals surface area contributed by atoms with E-state index in [2.05, 4.69) is 4.74 Å². The van der Waals surface area contributed by atoms with E-state index in [1.165, 1.54) is 18.4 Å². The average Bonchev–Trinajstić information content (AvgIpc) is 2.62. The zero-order valence-electron chi connectivity index (χ0n) is 7.56. The molecule has 14 heavy (non-hydrogen) atoms. The summed E-state index contributed by atoms with van der Waals surface area (Å²) in [4.78, 5) is 22.0. The minimum atomic E-state index is -0.401. The highest BCUT2D eigenvalue weighted by atomic mass is 32.1. The Morgan fingerprint density at radius 1 is 1.64 bits per heavy atom. The zero-order valence-corrected chi connectivity index (χ0v) is 8.37. The van der Waals surface area contributed by atoms with Gasteiger partial charge in [-0.2, -0.15) is 0 Å². The minimum absolute atomic E-state index is 0.110. The molecule has 1 heterocycles. The van der Waals surface area contributed by atoms with Crippen molar-refractivity contribution >= 4 is 17.3 Å². The largest absolute Gasteiger partial charge is 0.465 e. The van der Waals surface area contributed by atoms with E-state index in [1.54, 1.807) is 12.1 Å². The highest BCUT2D eigenvalue weighted by Gasteiger charge is 2.09. The predicted molar refractivity (Wildman–Crippen MR) is 51.2 cm³/mol. The van der Waals surface area contributed by atoms with Gasteiger partial charge in [-0.25, -0.2) is 4.79 Å². The van der Waals surface area contributed by atoms with Crippen LogP contribution in [-0.2, 0) is 11.2 Å². The lowest BCUT2D eigenvalue weighted by molar-refractivity contribution is -0.479. The monoisotopic (exact) mass is 215 g/mol. The van der Waals surface area contributed by atoms with Crippen LogP contribution in [0.4, 0.5) is 0 Å². The van der Waals surface area contributed by atoms with Crippen LogP contribution in [0.1, 0.15) is 14.5 Å². The average molecular weight is 215 g/mol. The highest BCUT2D eigenvalue weighted by molar-refractivity contribution is 7.13. The Bertz CT molecular complexity index is 347. The quantitative estimate of drug-likeness (QED) is 0.432. The van der Waals surface area contributed by atoms with Gasteiger partial charge in [0, 0.05) is 16.2 Å². The third-order valence-electron chi connectivity index (χ3n) is 1.59. The standard InChI is InChI=1S/C8H9NO4S/c1-13-8(10)7-3-2-6(14-7)4-5-9(11)12/h2-3H,4-5H2,1H3. The van der Waals surface area contributed by atoms with E-state index in [0.29, 0.717) is 11.3 Å². The molecular weight excluding hydrogens is 206 g/mol. The Kier molecular flexibility index (Phi) is 3.58. The first-order valence-electron chi connectivity index (χ1n) is 3.92. The van der Waals surface area contributed by atoms with Gasteiger partial charge in [0.15, 0.2) is 0 Å². The minimum Gasteiger partial charge on any atom is -0.465 e. The molecule has 6 heteroatoms. The van der Waals surface area contributed by atoms with E-state index in [4.69, 9.17) is 0 Å². The number of hydrogen-bond donors (Lipinski definition) is 0. The Labute approximate surface area is 84.5 Å². The third kappa shape index (κ3) is 2.81. The predicted octanol–water partition coefficient (Wildman–Crippen LogP) is 1.35. The number of carbonyl (C=O) groups excluding carboxylic acids is 1. The summed E-state index contributed by atoms with van der Waals surface area (Å²) in [5, 5.41) is 10.1. The molecular formula is C8H9NO4S. The molecule has 5 nitrogen and oxygen atoms in total. The number of nitro groups is 1. The molecule has 76 valence electrons. The molecule has 0 radical (unpaired) electrons. The first kappa shape index (κ1) is 10.6. The second-order valence-electron chi connectivity index (χ2n) is 2.56. The SMILES string of the molecule is COC(=O)c1ccc(CC[N+](=O)[O-])s1. The van der Waals surface area contributed by atoms with Crippen LogP contribution in [-0.4, -0.2) is 24.5 Å². The van der Waals surface area contributed by atoms with E-state index in [9.17, 15) is 14.9 Å². The van der Waals surface area contributed by atoms with Gasteiger partial charge in [0.1, 0.15) is 4.88 Å². The lowest BCUT2D eigenvalue weighted by Crippen LogP contribution is -2.02. The smallest absolute Gasteiger partial charge is 0.348 e. The number of rotatable bonds is 4. The van der Waals surface area contributed by atoms with Gasteiger partial charge in [0.05, 0.1) is 7.11 Å². The van der Waals surface area contributed by atoms with E-state index < -0.39 is 5.97 Å². The number of methoxy groups -OCH3 is 1. The molecule has 0 aliphatic carbocycles. The van der Waals surface area contributed by atoms with Crippen LogP contribution in [0.2, 0.25) is 0 Å². The van der Waals surface area contributed by atoms with E-state index in [0.717, 1.165) is 4.88 Å². The van der Waals surface area contributed by atoms with Crippen LogP contribution >= 0.6 is 11.3 Å². The molecule has 1 aromatic heterocycles. The summed E-state index contributed by atoms with van der Waals surface area (Å²) in [6.07, 6.45) is 0.356. The molecule has 0 spiro atoms. The highest BCUT2D eigenvalue weighted by Crippen LogP contribution is 2.17. The van der Waals surface area contributed by atoms with E-state index >= 15 is 0 Å². The Morgan fingerprint density at radius 2 is 2.36 bits per heavy atom. The van der Waals surface area contributed by atoms with Crippen LogP contribution in [0.15, 0.2) is 12.1 Å². The summed E-state index contributed by atoms with van der Waals surface area (Å²) in [7, 11) is 1.30. The van der Waals surface area contributed by atoms with Crippen LogP contribution in [0, 0.1) is 10.1 Å². The molecule has 0 aliphatic rings. The molecule has 1 rings (SSSR count). The number of esters is 1. The maximum Gasteiger partial charge on any atom is 0.348 e. The van der Waals surface area contributed by atoms with Crippen LogP contribution in [0.3, 0.4) is 0 Å². The van der Waals surface area contributed by atoms with Crippen LogP contribution in [0.5, 0.6) is 0 Å². The van der Waals surface area contributed by atoms with Gasteiger partial charge in [0.25, 0.3) is 0 Å². The van der Waals surface area contributed by atoms with Gasteiger partial charge >= 0.3 is 5.97 Å². The molecule has 1 aromatic rings. The van der Waals surface area contributed by atoms with Crippen LogP contribution in [0.25, 0.3) is 0 Å². The fraction of sp³-hybridized carbons (Fsp3) is 0.375. The lowest BCUT2D eigenvalue weighted by Gasteiger charge is -1.92. The Balaban J connectivity index is 2.59. The van der Waals surface area contributed by atoms with Gasteiger partial charge in [-0.1, -0.05) is 0 Å². The molecule has 0 atom stereocenters. The second kappa shape index (κ2) is 4.71. The lowest BCUT2D eigenvalue weighted by atomic mass is 10.3. The van der Waals surface area contributed by atoms with Gasteiger partial charge in [-0.3, -0.25) is 10.1 Å². The maximum atomic E-state index is 11.0. The summed E-state index contributed by atoms with van der Waals surface area (Å²) in [5.74, 6) is -0.401. The van der Waals surface area contributed by atoms with Gasteiger partial charge < -0.3 is 4.74 Å². The topological polar surface area (TPSA) is 69.4 Å². The van der Waals surface area contributed by atoms with Crippen molar-refractivity contribution in [3.63, 3.8) is 0 Å². The third-order valence-corrected chi connectivity index (χ3v) is 2.71. The van der Waals surface area contributed by atoms with E-state index in [1.807, 2.05) is 0 Å². The maximum absolute atomic E-state index is 11.0. The summed E-state index contributed by atoms with van der Waals surface area (Å²) >= 11 is 1.23. The number of thiophene rings is 1. The summed E-state index contributed by atoms with van der Waals surface area (Å²) in [6.45, 7) is -0.110. The molecule has 0 saturated carbocycles. The molecule has 0 fully saturated rings. The number of carbonyl (C=O) groups is 1. The van der Waals surface area contributed by atoms with E-state index in [-0.39, 0.29) is 11.5 Å². The summed E-state index contributed by atoms with van der Waals surface area (Å²) < 4.78 is 4.51. The van der Waals surface area contributed by atoms with Gasteiger partial charge in [-0.15, -0.1) is 11.3 Å². The van der Waals surface area contributed by atoms with Crippen molar-refractivity contribution < 1.29 is 14.5 Å². The van der Waals surface area contributed by atoms with Crippen molar-refractivity contribution in [2.24, 2.45) is 0 Å². The normalized spacial score (nSPS) is 9.79. The first-order chi connectivity index (χ1) is 6.63. The molecule has 0 aromatic carbocycles. The zero-order chi connectivity index (χ0) is 10.6. The Hall–Kier alpha value is -1.43. The summed E-state index contributed by atoms with van der Waals surface area (Å²) in [6, 6.07) is 3.33. The van der Waals surface area contributed by atoms with Crippen molar-refractivity contribution in [2.45, 2.75) is 6.42 Å². The number of hydrogen-bond acceptors (Lipinski definition) is 5. The fourth-order valence-corrected chi connectivity index (χ4v) is 1.84. The molecule has 0 unspecified atom stereocenters. The molecule has 0 aliphatic heterocycles. The van der Waals surface area contributed by atoms with Crippen molar-refractivity contribution in [1.82, 2.24) is 0 Å². The van der Waals surface area contributed by atoms with Crippen molar-refractivity contribution in [2.75, 3.05) is 13.7 Å². The van der Waals surface area contributed by atoms with Gasteiger partial charge in [0.2, 0.25) is 6.54 Å². The van der Waals surface area contributed by atoms with Crippen molar-refractivity contribution in [3.05, 3.63) is 32.0 Å². The second-order valence-corrected chi connectivity index (χ2v) is 3.73. The number of ether oxygens (including phenoxy) is 1. The molecule has 0 amide bonds. The first-order valence-corrected chi connectivity index (χ1v) is 4.74. The molecule has 0 saturated heterocycles. The fourth-order valence-electron chi connectivity index (χ4n) is 0.924. The molecule has 0 bridgehead atoms. The Morgan fingerprint density at radius 3 is 2.93 bits per heavy atom. The van der Waals surface area contributed by atoms with Crippen LogP contribution < -0.4 is 0 Å². The van der Waals surface area contributed by atoms with Crippen molar-refractivity contribution in [3.8, 4) is 0 Å². The molecule has 0 N–H and O–H groups in total. The summed E-state index contributed by atoms with van der Waals surface area (Å²) in [5.41, 5.74) is 0.